The zero-order valence-electron chi connectivity index (χ0n) is 16.2. The highest BCUT2D eigenvalue weighted by molar-refractivity contribution is 6.07. The topological polar surface area (TPSA) is 87.2 Å². The summed E-state index contributed by atoms with van der Waals surface area (Å²) in [7, 11) is 0. The van der Waals surface area contributed by atoms with Gasteiger partial charge in [-0.3, -0.25) is 10.1 Å². The first-order valence-corrected chi connectivity index (χ1v) is 9.70. The molecule has 2 aliphatic rings. The van der Waals surface area contributed by atoms with Crippen LogP contribution < -0.4 is 15.5 Å². The highest BCUT2D eigenvalue weighted by atomic mass is 16.2. The minimum atomic E-state index is -0.888. The molecule has 1 aromatic heterocycles. The summed E-state index contributed by atoms with van der Waals surface area (Å²) in [6.07, 6.45) is 3.97. The van der Waals surface area contributed by atoms with Crippen LogP contribution >= 0.6 is 0 Å². The number of anilines is 1. The largest absolute Gasteiger partial charge is 0.356 e. The van der Waals surface area contributed by atoms with Crippen LogP contribution in [0.3, 0.4) is 0 Å². The van der Waals surface area contributed by atoms with Gasteiger partial charge < -0.3 is 10.2 Å². The number of imide groups is 1. The van der Waals surface area contributed by atoms with Crippen LogP contribution in [0.4, 0.5) is 10.6 Å². The lowest BCUT2D eigenvalue weighted by Gasteiger charge is -2.41. The number of benzene rings is 1. The third kappa shape index (κ3) is 3.32. The van der Waals surface area contributed by atoms with E-state index in [-0.39, 0.29) is 11.8 Å². The Bertz CT molecular complexity index is 893. The van der Waals surface area contributed by atoms with E-state index in [2.05, 4.69) is 25.5 Å². The molecular formula is C21H25N5O2. The molecule has 0 unspecified atom stereocenters. The molecule has 2 aromatic rings. The number of amides is 3. The van der Waals surface area contributed by atoms with Gasteiger partial charge in [0.1, 0.15) is 17.2 Å². The van der Waals surface area contributed by atoms with Crippen molar-refractivity contribution in [3.63, 3.8) is 0 Å². The number of hydrogen-bond acceptors (Lipinski definition) is 5. The highest BCUT2D eigenvalue weighted by Crippen LogP contribution is 2.35. The monoisotopic (exact) mass is 379 g/mol. The average molecular weight is 379 g/mol. The highest BCUT2D eigenvalue weighted by Gasteiger charge is 2.52. The van der Waals surface area contributed by atoms with Crippen molar-refractivity contribution in [1.82, 2.24) is 20.6 Å². The van der Waals surface area contributed by atoms with Crippen molar-refractivity contribution in [3.8, 4) is 0 Å². The summed E-state index contributed by atoms with van der Waals surface area (Å²) in [5.74, 6) is 1.57. The van der Waals surface area contributed by atoms with Gasteiger partial charge in [0.25, 0.3) is 5.91 Å². The average Bonchev–Trinajstić information content (AvgIpc) is 2.98. The number of piperidine rings is 1. The molecule has 2 aliphatic heterocycles. The fourth-order valence-electron chi connectivity index (χ4n) is 4.40. The molecule has 28 heavy (non-hydrogen) atoms. The zero-order valence-corrected chi connectivity index (χ0v) is 16.2. The second-order valence-corrected chi connectivity index (χ2v) is 7.73. The van der Waals surface area contributed by atoms with Crippen LogP contribution in [0.25, 0.3) is 0 Å². The zero-order chi connectivity index (χ0) is 19.7. The van der Waals surface area contributed by atoms with Crippen LogP contribution in [-0.4, -0.2) is 40.5 Å². The van der Waals surface area contributed by atoms with Gasteiger partial charge in [0, 0.05) is 31.3 Å². The Morgan fingerprint density at radius 3 is 2.50 bits per heavy atom. The number of hydrogen-bond donors (Lipinski definition) is 2. The van der Waals surface area contributed by atoms with Crippen molar-refractivity contribution in [3.05, 3.63) is 53.5 Å². The van der Waals surface area contributed by atoms with Crippen LogP contribution in [0.15, 0.2) is 36.5 Å². The lowest BCUT2D eigenvalue weighted by molar-refractivity contribution is -0.126. The smallest absolute Gasteiger partial charge is 0.322 e. The summed E-state index contributed by atoms with van der Waals surface area (Å²) in [6.45, 7) is 5.49. The molecule has 2 saturated heterocycles. The molecule has 1 atom stereocenters. The molecule has 0 aliphatic carbocycles. The van der Waals surface area contributed by atoms with Gasteiger partial charge in [-0.2, -0.15) is 0 Å². The number of nitrogens with zero attached hydrogens (tertiary/aromatic N) is 3. The molecule has 2 fully saturated rings. The summed E-state index contributed by atoms with van der Waals surface area (Å²) in [5.41, 5.74) is 1.21. The molecule has 0 bridgehead atoms. The van der Waals surface area contributed by atoms with Gasteiger partial charge in [-0.05, 0) is 38.2 Å². The van der Waals surface area contributed by atoms with Crippen LogP contribution in [0, 0.1) is 19.8 Å². The maximum absolute atomic E-state index is 12.8. The van der Waals surface area contributed by atoms with Crippen molar-refractivity contribution in [2.24, 2.45) is 5.92 Å². The van der Waals surface area contributed by atoms with Gasteiger partial charge in [0.15, 0.2) is 0 Å². The Morgan fingerprint density at radius 2 is 1.86 bits per heavy atom. The summed E-state index contributed by atoms with van der Waals surface area (Å²) in [6, 6.07) is 9.48. The molecule has 2 N–H and O–H groups in total. The number of carbonyl (C=O) groups excluding carboxylic acids is 2. The van der Waals surface area contributed by atoms with E-state index in [0.717, 1.165) is 48.7 Å². The molecular weight excluding hydrogens is 354 g/mol. The van der Waals surface area contributed by atoms with Gasteiger partial charge >= 0.3 is 6.03 Å². The van der Waals surface area contributed by atoms with Crippen molar-refractivity contribution in [2.75, 3.05) is 18.0 Å². The number of urea groups is 1. The Hall–Kier alpha value is -2.96. The summed E-state index contributed by atoms with van der Waals surface area (Å²) in [5, 5.41) is 5.43. The second kappa shape index (κ2) is 7.22. The van der Waals surface area contributed by atoms with Crippen LogP contribution in [0.5, 0.6) is 0 Å². The van der Waals surface area contributed by atoms with Crippen molar-refractivity contribution in [2.45, 2.75) is 38.6 Å². The fourth-order valence-corrected chi connectivity index (χ4v) is 4.40. The Kier molecular flexibility index (Phi) is 4.75. The minimum Gasteiger partial charge on any atom is -0.356 e. The summed E-state index contributed by atoms with van der Waals surface area (Å²) >= 11 is 0. The van der Waals surface area contributed by atoms with Crippen molar-refractivity contribution >= 4 is 17.8 Å². The number of rotatable bonds is 4. The molecule has 0 radical (unpaired) electrons. The van der Waals surface area contributed by atoms with E-state index >= 15 is 0 Å². The number of nitrogens with one attached hydrogen (secondary N) is 2. The Morgan fingerprint density at radius 1 is 1.14 bits per heavy atom. The number of aromatic nitrogens is 2. The van der Waals surface area contributed by atoms with Crippen molar-refractivity contribution < 1.29 is 9.59 Å². The normalized spacial score (nSPS) is 22.9. The molecule has 0 spiro atoms. The first-order chi connectivity index (χ1) is 13.5. The van der Waals surface area contributed by atoms with E-state index < -0.39 is 11.6 Å². The SMILES string of the molecule is Cc1ncc(C)c(N2CCC([C@]3(Cc4ccccc4)NC(=O)NC3=O)CC2)n1. The quantitative estimate of drug-likeness (QED) is 0.795. The summed E-state index contributed by atoms with van der Waals surface area (Å²) in [4.78, 5) is 35.9. The van der Waals surface area contributed by atoms with E-state index in [1.807, 2.05) is 50.4 Å². The maximum atomic E-state index is 12.8. The predicted octanol–water partition coefficient (Wildman–Crippen LogP) is 2.13. The minimum absolute atomic E-state index is 0.0682. The molecule has 7 nitrogen and oxygen atoms in total. The van der Waals surface area contributed by atoms with Gasteiger partial charge in [-0.15, -0.1) is 0 Å². The predicted molar refractivity (Wildman–Crippen MR) is 106 cm³/mol. The Balaban J connectivity index is 1.55. The molecule has 3 amide bonds. The number of aryl methyl sites for hydroxylation is 2. The maximum Gasteiger partial charge on any atom is 0.322 e. The van der Waals surface area contributed by atoms with Gasteiger partial charge in [-0.1, -0.05) is 30.3 Å². The van der Waals surface area contributed by atoms with E-state index in [0.29, 0.717) is 6.42 Å². The van der Waals surface area contributed by atoms with Gasteiger partial charge in [0.05, 0.1) is 0 Å². The molecule has 146 valence electrons. The first-order valence-electron chi connectivity index (χ1n) is 9.70. The van der Waals surface area contributed by atoms with E-state index in [1.54, 1.807) is 0 Å². The molecule has 1 aromatic carbocycles. The van der Waals surface area contributed by atoms with Crippen LogP contribution in [0.2, 0.25) is 0 Å². The van der Waals surface area contributed by atoms with Crippen LogP contribution in [0.1, 0.15) is 29.8 Å². The van der Waals surface area contributed by atoms with Crippen LogP contribution in [-0.2, 0) is 11.2 Å². The third-order valence-corrected chi connectivity index (χ3v) is 5.85. The first kappa shape index (κ1) is 18.4. The van der Waals surface area contributed by atoms with Gasteiger partial charge in [-0.25, -0.2) is 14.8 Å². The lowest BCUT2D eigenvalue weighted by Crippen LogP contribution is -2.57. The Labute approximate surface area is 164 Å². The standard InChI is InChI=1S/C21H25N5O2/c1-14-13-22-15(2)23-18(14)26-10-8-17(9-11-26)21(19(27)24-20(28)25-21)12-16-6-4-3-5-7-16/h3-7,13,17H,8-12H2,1-2H3,(H2,24,25,27,28)/t21-/m0/s1. The molecule has 3 heterocycles. The molecule has 0 saturated carbocycles. The van der Waals surface area contributed by atoms with E-state index in [9.17, 15) is 9.59 Å². The van der Waals surface area contributed by atoms with E-state index in [4.69, 9.17) is 0 Å². The lowest BCUT2D eigenvalue weighted by atomic mass is 9.74. The molecule has 7 heteroatoms. The second-order valence-electron chi connectivity index (χ2n) is 7.73. The van der Waals surface area contributed by atoms with Crippen molar-refractivity contribution in [1.29, 1.82) is 0 Å². The molecule has 4 rings (SSSR count). The fraction of sp³-hybridized carbons (Fsp3) is 0.429. The van der Waals surface area contributed by atoms with Gasteiger partial charge in [0.2, 0.25) is 0 Å². The summed E-state index contributed by atoms with van der Waals surface area (Å²) < 4.78 is 0. The third-order valence-electron chi connectivity index (χ3n) is 5.85. The van der Waals surface area contributed by atoms with E-state index in [1.165, 1.54) is 0 Å². The number of carbonyl (C=O) groups is 2.